The van der Waals surface area contributed by atoms with Gasteiger partial charge in [0.1, 0.15) is 0 Å². The highest BCUT2D eigenvalue weighted by Crippen LogP contribution is 2.42. The largest absolute Gasteiger partial charge is 0.480 e. The Morgan fingerprint density at radius 1 is 0.974 bits per heavy atom. The minimum atomic E-state index is -0.765. The summed E-state index contributed by atoms with van der Waals surface area (Å²) in [5.74, 6) is 0.172. The van der Waals surface area contributed by atoms with E-state index >= 15 is 0 Å². The van der Waals surface area contributed by atoms with Crippen molar-refractivity contribution in [2.45, 2.75) is 63.6 Å². The van der Waals surface area contributed by atoms with Gasteiger partial charge in [-0.15, -0.1) is 0 Å². The summed E-state index contributed by atoms with van der Waals surface area (Å²) in [5.41, 5.74) is 2.48. The van der Waals surface area contributed by atoms with E-state index < -0.39 is 5.97 Å². The molecule has 0 spiro atoms. The van der Waals surface area contributed by atoms with Crippen molar-refractivity contribution in [3.8, 4) is 0 Å². The van der Waals surface area contributed by atoms with Crippen molar-refractivity contribution < 1.29 is 14.7 Å². The summed E-state index contributed by atoms with van der Waals surface area (Å²) in [7, 11) is 1.94. The maximum absolute atomic E-state index is 13.1. The molecule has 2 aliphatic rings. The number of carboxylic acid groups (broad SMARTS) is 1. The van der Waals surface area contributed by atoms with Gasteiger partial charge in [-0.25, -0.2) is 4.79 Å². The van der Waals surface area contributed by atoms with Gasteiger partial charge in [-0.2, -0.15) is 0 Å². The van der Waals surface area contributed by atoms with Crippen LogP contribution in [0, 0.1) is 5.92 Å². The van der Waals surface area contributed by atoms with Crippen molar-refractivity contribution in [1.82, 2.24) is 20.0 Å². The Morgan fingerprint density at radius 2 is 1.63 bits per heavy atom. The zero-order chi connectivity index (χ0) is 26.9. The fourth-order valence-electron chi connectivity index (χ4n) is 6.42. The number of carbonyl (C=O) groups excluding carboxylic acids is 1. The molecule has 3 atom stereocenters. The topological polar surface area (TPSA) is 76.1 Å². The third-order valence-electron chi connectivity index (χ3n) is 8.41. The molecule has 2 aromatic carbocycles. The van der Waals surface area contributed by atoms with Gasteiger partial charge in [0.05, 0.1) is 6.54 Å². The lowest BCUT2D eigenvalue weighted by Crippen LogP contribution is -2.51. The van der Waals surface area contributed by atoms with Crippen LogP contribution in [-0.4, -0.2) is 83.7 Å². The van der Waals surface area contributed by atoms with E-state index in [1.54, 1.807) is 0 Å². The molecule has 3 unspecified atom stereocenters. The van der Waals surface area contributed by atoms with E-state index in [1.807, 2.05) is 42.3 Å². The summed E-state index contributed by atoms with van der Waals surface area (Å²) in [6, 6.07) is 21.4. The Morgan fingerprint density at radius 3 is 2.26 bits per heavy atom. The fraction of sp³-hybridized carbons (Fsp3) is 0.548. The zero-order valence-electron chi connectivity index (χ0n) is 23.0. The number of benzene rings is 2. The van der Waals surface area contributed by atoms with Gasteiger partial charge in [-0.3, -0.25) is 9.69 Å². The number of carboxylic acids is 1. The fourth-order valence-corrected chi connectivity index (χ4v) is 6.42. The SMILES string of the molecule is CCCN(C(=O)NCc1ccccc1)C1CCN(CC2CC(N(C)CC(=O)O)CC2c2ccccc2)CC1. The Kier molecular flexibility index (Phi) is 10.2. The van der Waals surface area contributed by atoms with Crippen LogP contribution in [0.1, 0.15) is 56.1 Å². The molecule has 0 bridgehead atoms. The van der Waals surface area contributed by atoms with Crippen LogP contribution < -0.4 is 5.32 Å². The highest BCUT2D eigenvalue weighted by molar-refractivity contribution is 5.74. The lowest BCUT2D eigenvalue weighted by molar-refractivity contribution is -0.138. The lowest BCUT2D eigenvalue weighted by atomic mass is 9.88. The van der Waals surface area contributed by atoms with Crippen molar-refractivity contribution >= 4 is 12.0 Å². The predicted molar refractivity (Wildman–Crippen MR) is 151 cm³/mol. The molecule has 1 heterocycles. The molecule has 2 aromatic rings. The van der Waals surface area contributed by atoms with E-state index in [0.717, 1.165) is 63.8 Å². The van der Waals surface area contributed by atoms with E-state index in [1.165, 1.54) is 5.56 Å². The highest BCUT2D eigenvalue weighted by atomic mass is 16.4. The van der Waals surface area contributed by atoms with Gasteiger partial charge in [-0.1, -0.05) is 67.6 Å². The molecule has 206 valence electrons. The molecule has 1 aliphatic heterocycles. The van der Waals surface area contributed by atoms with Gasteiger partial charge in [0, 0.05) is 44.8 Å². The summed E-state index contributed by atoms with van der Waals surface area (Å²) >= 11 is 0. The van der Waals surface area contributed by atoms with E-state index in [9.17, 15) is 14.7 Å². The Labute approximate surface area is 227 Å². The van der Waals surface area contributed by atoms with Crippen LogP contribution in [0.3, 0.4) is 0 Å². The van der Waals surface area contributed by atoms with Crippen LogP contribution in [-0.2, 0) is 11.3 Å². The smallest absolute Gasteiger partial charge is 0.317 e. The summed E-state index contributed by atoms with van der Waals surface area (Å²) in [6.45, 7) is 6.56. The molecular weight excluding hydrogens is 476 g/mol. The Balaban J connectivity index is 1.34. The molecule has 0 radical (unpaired) electrons. The number of likely N-dealkylation sites (N-methyl/N-ethyl adjacent to an activating group) is 1. The van der Waals surface area contributed by atoms with Crippen LogP contribution in [0.25, 0.3) is 0 Å². The van der Waals surface area contributed by atoms with E-state index in [2.05, 4.69) is 52.4 Å². The van der Waals surface area contributed by atoms with Gasteiger partial charge in [0.2, 0.25) is 0 Å². The van der Waals surface area contributed by atoms with Crippen molar-refractivity contribution in [2.75, 3.05) is 39.8 Å². The number of hydrogen-bond acceptors (Lipinski definition) is 4. The van der Waals surface area contributed by atoms with E-state index in [0.29, 0.717) is 18.4 Å². The molecule has 2 N–H and O–H groups in total. The first-order valence-corrected chi connectivity index (χ1v) is 14.2. The second-order valence-electron chi connectivity index (χ2n) is 11.1. The predicted octanol–water partition coefficient (Wildman–Crippen LogP) is 4.65. The number of nitrogens with zero attached hydrogens (tertiary/aromatic N) is 3. The zero-order valence-corrected chi connectivity index (χ0v) is 23.0. The number of amides is 2. The van der Waals surface area contributed by atoms with Gasteiger partial charge in [0.25, 0.3) is 0 Å². The van der Waals surface area contributed by atoms with E-state index in [-0.39, 0.29) is 24.7 Å². The molecule has 1 saturated carbocycles. The van der Waals surface area contributed by atoms with Crippen LogP contribution in [0.2, 0.25) is 0 Å². The van der Waals surface area contributed by atoms with Crippen LogP contribution in [0.15, 0.2) is 60.7 Å². The van der Waals surface area contributed by atoms with Crippen LogP contribution in [0.4, 0.5) is 4.79 Å². The maximum atomic E-state index is 13.1. The monoisotopic (exact) mass is 520 g/mol. The first-order valence-electron chi connectivity index (χ1n) is 14.2. The molecule has 7 nitrogen and oxygen atoms in total. The minimum absolute atomic E-state index is 0.0402. The first-order chi connectivity index (χ1) is 18.4. The first kappa shape index (κ1) is 28.1. The number of rotatable bonds is 11. The lowest BCUT2D eigenvalue weighted by Gasteiger charge is -2.39. The molecule has 0 aromatic heterocycles. The maximum Gasteiger partial charge on any atom is 0.317 e. The highest BCUT2D eigenvalue weighted by Gasteiger charge is 2.39. The molecule has 1 aliphatic carbocycles. The summed E-state index contributed by atoms with van der Waals surface area (Å²) < 4.78 is 0. The number of urea groups is 1. The van der Waals surface area contributed by atoms with Gasteiger partial charge < -0.3 is 20.2 Å². The number of piperidine rings is 1. The summed E-state index contributed by atoms with van der Waals surface area (Å²) in [5, 5.41) is 12.4. The standard InChI is InChI=1S/C31H44N4O3/c1-3-16-35(31(38)32-21-24-10-6-4-7-11-24)27-14-17-34(18-15-27)22-26-19-28(33(2)23-30(36)37)20-29(26)25-12-8-5-9-13-25/h4-13,26-29H,3,14-23H2,1-2H3,(H,32,38)(H,36,37). The summed E-state index contributed by atoms with van der Waals surface area (Å²) in [4.78, 5) is 31.1. The molecule has 1 saturated heterocycles. The Bertz CT molecular complexity index is 1010. The molecule has 7 heteroatoms. The molecule has 2 fully saturated rings. The number of likely N-dealkylation sites (tertiary alicyclic amines) is 1. The molecule has 2 amide bonds. The minimum Gasteiger partial charge on any atom is -0.480 e. The number of hydrogen-bond donors (Lipinski definition) is 2. The summed E-state index contributed by atoms with van der Waals surface area (Å²) in [6.07, 6.45) is 4.95. The molecule has 38 heavy (non-hydrogen) atoms. The van der Waals surface area contributed by atoms with Crippen LogP contribution >= 0.6 is 0 Å². The Hall–Kier alpha value is -2.90. The van der Waals surface area contributed by atoms with E-state index in [4.69, 9.17) is 0 Å². The van der Waals surface area contributed by atoms with Crippen molar-refractivity contribution in [3.63, 3.8) is 0 Å². The number of aliphatic carboxylic acids is 1. The third-order valence-corrected chi connectivity index (χ3v) is 8.41. The normalized spacial score (nSPS) is 22.4. The van der Waals surface area contributed by atoms with Gasteiger partial charge in [0.15, 0.2) is 0 Å². The van der Waals surface area contributed by atoms with Gasteiger partial charge >= 0.3 is 12.0 Å². The van der Waals surface area contributed by atoms with Crippen molar-refractivity contribution in [1.29, 1.82) is 0 Å². The average molecular weight is 521 g/mol. The second kappa shape index (κ2) is 13.8. The number of nitrogens with one attached hydrogen (secondary N) is 1. The average Bonchev–Trinajstić information content (AvgIpc) is 3.35. The molecular formula is C31H44N4O3. The third kappa shape index (κ3) is 7.58. The number of carbonyl (C=O) groups is 2. The second-order valence-corrected chi connectivity index (χ2v) is 11.1. The quantitative estimate of drug-likeness (QED) is 0.451. The van der Waals surface area contributed by atoms with Crippen LogP contribution in [0.5, 0.6) is 0 Å². The molecule has 4 rings (SSSR count). The van der Waals surface area contributed by atoms with Crippen molar-refractivity contribution in [3.05, 3.63) is 71.8 Å². The van der Waals surface area contributed by atoms with Crippen molar-refractivity contribution in [2.24, 2.45) is 5.92 Å². The van der Waals surface area contributed by atoms with Gasteiger partial charge in [-0.05, 0) is 62.1 Å².